The lowest BCUT2D eigenvalue weighted by atomic mass is 9.59. The van der Waals surface area contributed by atoms with Crippen LogP contribution in [0.15, 0.2) is 18.2 Å². The number of Topliss-reactive ketones (excluding diaryl/α,β-unsaturated/α-hetero) is 1. The highest BCUT2D eigenvalue weighted by Crippen LogP contribution is 2.49. The number of hydrogen-bond acceptors (Lipinski definition) is 3. The van der Waals surface area contributed by atoms with Crippen molar-refractivity contribution < 1.29 is 9.90 Å². The minimum absolute atomic E-state index is 0.106. The Morgan fingerprint density at radius 1 is 1.45 bits per heavy atom. The second kappa shape index (κ2) is 5.38. The summed E-state index contributed by atoms with van der Waals surface area (Å²) < 4.78 is 0. The van der Waals surface area contributed by atoms with Gasteiger partial charge in [0.05, 0.1) is 6.54 Å². The molecule has 3 heteroatoms. The highest BCUT2D eigenvalue weighted by molar-refractivity contribution is 5.82. The van der Waals surface area contributed by atoms with Gasteiger partial charge in [-0.25, -0.2) is 0 Å². The molecule has 0 amide bonds. The SMILES string of the molecule is CC(C)C(=O)CN1CC[C@@]2(C)c3cc(O)ccc3C[C@@H]1[C@@H]2C. The van der Waals surface area contributed by atoms with Gasteiger partial charge in [-0.05, 0) is 54.0 Å². The average molecular weight is 301 g/mol. The van der Waals surface area contributed by atoms with Crippen LogP contribution in [0, 0.1) is 11.8 Å². The fourth-order valence-corrected chi connectivity index (χ4v) is 4.27. The van der Waals surface area contributed by atoms with Gasteiger partial charge in [-0.1, -0.05) is 33.8 Å². The van der Waals surface area contributed by atoms with Gasteiger partial charge in [0.25, 0.3) is 0 Å². The van der Waals surface area contributed by atoms with E-state index >= 15 is 0 Å². The van der Waals surface area contributed by atoms with Crippen molar-refractivity contribution in [2.24, 2.45) is 11.8 Å². The molecule has 1 saturated heterocycles. The van der Waals surface area contributed by atoms with Crippen LogP contribution in [0.4, 0.5) is 0 Å². The summed E-state index contributed by atoms with van der Waals surface area (Å²) in [6.07, 6.45) is 2.03. The summed E-state index contributed by atoms with van der Waals surface area (Å²) in [4.78, 5) is 14.6. The fraction of sp³-hybridized carbons (Fsp3) is 0.632. The van der Waals surface area contributed by atoms with Crippen LogP contribution in [0.5, 0.6) is 5.75 Å². The third kappa shape index (κ3) is 2.36. The second-order valence-corrected chi connectivity index (χ2v) is 7.66. The number of fused-ring (bicyclic) bond motifs is 4. The number of carbonyl (C=O) groups is 1. The maximum atomic E-state index is 12.2. The van der Waals surface area contributed by atoms with Crippen molar-refractivity contribution in [3.63, 3.8) is 0 Å². The Morgan fingerprint density at radius 2 is 2.18 bits per heavy atom. The Hall–Kier alpha value is -1.35. The molecule has 120 valence electrons. The molecule has 1 N–H and O–H groups in total. The highest BCUT2D eigenvalue weighted by Gasteiger charge is 2.48. The molecule has 1 aromatic rings. The third-order valence-corrected chi connectivity index (χ3v) is 6.11. The van der Waals surface area contributed by atoms with E-state index in [9.17, 15) is 9.90 Å². The van der Waals surface area contributed by atoms with Crippen LogP contribution in [0.2, 0.25) is 0 Å². The normalized spacial score (nSPS) is 31.1. The van der Waals surface area contributed by atoms with Gasteiger partial charge in [0.15, 0.2) is 0 Å². The van der Waals surface area contributed by atoms with Gasteiger partial charge in [-0.2, -0.15) is 0 Å². The molecule has 0 unspecified atom stereocenters. The molecular weight excluding hydrogens is 274 g/mol. The number of nitrogens with zero attached hydrogens (tertiary/aromatic N) is 1. The van der Waals surface area contributed by atoms with Crippen molar-refractivity contribution in [1.82, 2.24) is 4.90 Å². The molecule has 3 rings (SSSR count). The van der Waals surface area contributed by atoms with E-state index < -0.39 is 0 Å². The molecule has 0 aromatic heterocycles. The summed E-state index contributed by atoms with van der Waals surface area (Å²) >= 11 is 0. The predicted molar refractivity (Wildman–Crippen MR) is 88.1 cm³/mol. The molecule has 0 radical (unpaired) electrons. The summed E-state index contributed by atoms with van der Waals surface area (Å²) in [5.74, 6) is 1.31. The standard InChI is InChI=1S/C19H27NO2/c1-12(2)18(22)11-20-8-7-19(4)13(3)17(20)9-14-5-6-15(21)10-16(14)19/h5-6,10,12-13,17,21H,7-9,11H2,1-4H3/t13-,17+,19+/m0/s1. The van der Waals surface area contributed by atoms with Gasteiger partial charge in [0.1, 0.15) is 11.5 Å². The van der Waals surface area contributed by atoms with E-state index in [-0.39, 0.29) is 11.3 Å². The lowest BCUT2D eigenvalue weighted by Gasteiger charge is -2.54. The van der Waals surface area contributed by atoms with Crippen molar-refractivity contribution in [3.8, 4) is 5.75 Å². The van der Waals surface area contributed by atoms with E-state index in [4.69, 9.17) is 0 Å². The zero-order chi connectivity index (χ0) is 16.1. The Labute approximate surface area is 133 Å². The number of benzene rings is 1. The average Bonchev–Trinajstić information content (AvgIpc) is 2.46. The van der Waals surface area contributed by atoms with E-state index in [1.807, 2.05) is 19.9 Å². The molecule has 2 aliphatic rings. The first-order valence-electron chi connectivity index (χ1n) is 8.42. The van der Waals surface area contributed by atoms with Crippen molar-refractivity contribution in [1.29, 1.82) is 0 Å². The monoisotopic (exact) mass is 301 g/mol. The molecule has 1 fully saturated rings. The van der Waals surface area contributed by atoms with E-state index in [0.29, 0.717) is 30.0 Å². The Balaban J connectivity index is 1.92. The van der Waals surface area contributed by atoms with Crippen LogP contribution in [0.3, 0.4) is 0 Å². The molecule has 1 heterocycles. The topological polar surface area (TPSA) is 40.5 Å². The van der Waals surface area contributed by atoms with Gasteiger partial charge in [-0.3, -0.25) is 9.69 Å². The van der Waals surface area contributed by atoms with E-state index in [0.717, 1.165) is 19.4 Å². The summed E-state index contributed by atoms with van der Waals surface area (Å²) in [5.41, 5.74) is 2.75. The lowest BCUT2D eigenvalue weighted by molar-refractivity contribution is -0.125. The minimum Gasteiger partial charge on any atom is -0.508 e. The van der Waals surface area contributed by atoms with Gasteiger partial charge in [0.2, 0.25) is 0 Å². The molecule has 0 spiro atoms. The van der Waals surface area contributed by atoms with E-state index in [1.165, 1.54) is 11.1 Å². The number of rotatable bonds is 3. The number of hydrogen-bond donors (Lipinski definition) is 1. The Morgan fingerprint density at radius 3 is 2.86 bits per heavy atom. The fourth-order valence-electron chi connectivity index (χ4n) is 4.27. The van der Waals surface area contributed by atoms with Gasteiger partial charge >= 0.3 is 0 Å². The van der Waals surface area contributed by atoms with Crippen LogP contribution in [0.25, 0.3) is 0 Å². The van der Waals surface area contributed by atoms with Crippen LogP contribution in [0.1, 0.15) is 45.2 Å². The maximum absolute atomic E-state index is 12.2. The number of ketones is 1. The molecule has 22 heavy (non-hydrogen) atoms. The van der Waals surface area contributed by atoms with Crippen LogP contribution in [-0.4, -0.2) is 34.9 Å². The van der Waals surface area contributed by atoms with Crippen LogP contribution in [-0.2, 0) is 16.6 Å². The summed E-state index contributed by atoms with van der Waals surface area (Å²) in [7, 11) is 0. The summed E-state index contributed by atoms with van der Waals surface area (Å²) in [6.45, 7) is 10.2. The third-order valence-electron chi connectivity index (χ3n) is 6.11. The van der Waals surface area contributed by atoms with Crippen molar-refractivity contribution in [2.75, 3.05) is 13.1 Å². The van der Waals surface area contributed by atoms with Crippen LogP contribution < -0.4 is 0 Å². The van der Waals surface area contributed by atoms with Gasteiger partial charge < -0.3 is 5.11 Å². The number of carbonyl (C=O) groups excluding carboxylic acids is 1. The van der Waals surface area contributed by atoms with Gasteiger partial charge in [0, 0.05) is 12.0 Å². The molecule has 3 nitrogen and oxygen atoms in total. The largest absolute Gasteiger partial charge is 0.508 e. The number of phenolic OH excluding ortho intramolecular Hbond substituents is 1. The van der Waals surface area contributed by atoms with Crippen molar-refractivity contribution in [3.05, 3.63) is 29.3 Å². The number of aromatic hydroxyl groups is 1. The zero-order valence-electron chi connectivity index (χ0n) is 14.1. The first-order valence-corrected chi connectivity index (χ1v) is 8.42. The maximum Gasteiger partial charge on any atom is 0.149 e. The molecule has 0 saturated carbocycles. The quantitative estimate of drug-likeness (QED) is 0.932. The lowest BCUT2D eigenvalue weighted by Crippen LogP contribution is -2.59. The van der Waals surface area contributed by atoms with E-state index in [1.54, 1.807) is 6.07 Å². The summed E-state index contributed by atoms with van der Waals surface area (Å²) in [6, 6.07) is 6.24. The van der Waals surface area contributed by atoms with Gasteiger partial charge in [-0.15, -0.1) is 0 Å². The Kier molecular flexibility index (Phi) is 3.80. The first kappa shape index (κ1) is 15.5. The summed E-state index contributed by atoms with van der Waals surface area (Å²) in [5, 5.41) is 9.86. The molecule has 3 atom stereocenters. The predicted octanol–water partition coefficient (Wildman–Crippen LogP) is 3.14. The molecular formula is C19H27NO2. The number of likely N-dealkylation sites (tertiary alicyclic amines) is 1. The Bertz CT molecular complexity index is 595. The second-order valence-electron chi connectivity index (χ2n) is 7.66. The van der Waals surface area contributed by atoms with Crippen molar-refractivity contribution >= 4 is 5.78 Å². The molecule has 2 bridgehead atoms. The number of piperidine rings is 1. The van der Waals surface area contributed by atoms with Crippen molar-refractivity contribution in [2.45, 2.75) is 52.0 Å². The molecule has 1 aliphatic carbocycles. The minimum atomic E-state index is 0.106. The number of phenols is 1. The molecule has 1 aromatic carbocycles. The zero-order valence-corrected chi connectivity index (χ0v) is 14.1. The first-order chi connectivity index (χ1) is 10.3. The molecule has 1 aliphatic heterocycles. The smallest absolute Gasteiger partial charge is 0.149 e. The van der Waals surface area contributed by atoms with Crippen LogP contribution >= 0.6 is 0 Å². The highest BCUT2D eigenvalue weighted by atomic mass is 16.3. The van der Waals surface area contributed by atoms with E-state index in [2.05, 4.69) is 24.8 Å².